The summed E-state index contributed by atoms with van der Waals surface area (Å²) in [6.45, 7) is 23.2. The van der Waals surface area contributed by atoms with Crippen molar-refractivity contribution >= 4 is 12.2 Å². The molecule has 1 rings (SSSR count). The number of hydrogen-bond acceptors (Lipinski definition) is 2. The van der Waals surface area contributed by atoms with E-state index in [-0.39, 0.29) is 0 Å². The number of aryl methyl sites for hydroxylation is 2. The maximum absolute atomic E-state index is 4.22. The van der Waals surface area contributed by atoms with Crippen molar-refractivity contribution in [3.05, 3.63) is 35.9 Å². The van der Waals surface area contributed by atoms with Gasteiger partial charge in [0.2, 0.25) is 0 Å². The number of nitrogens with zero attached hydrogens (tertiary/aromatic N) is 2. The van der Waals surface area contributed by atoms with Crippen LogP contribution in [0.1, 0.15) is 64.3 Å². The Morgan fingerprint density at radius 3 is 1.56 bits per heavy atom. The summed E-state index contributed by atoms with van der Waals surface area (Å²) in [7, 11) is 0. The first-order valence-corrected chi connectivity index (χ1v) is 6.79. The SMILES string of the molecule is C=Cc1nc(C)nc(C)c1C=C.CC.CC.CC. The lowest BCUT2D eigenvalue weighted by Gasteiger charge is -2.04. The van der Waals surface area contributed by atoms with Crippen LogP contribution in [-0.2, 0) is 0 Å². The number of aromatic nitrogens is 2. The molecule has 0 amide bonds. The lowest BCUT2D eigenvalue weighted by atomic mass is 10.1. The van der Waals surface area contributed by atoms with Gasteiger partial charge in [0.05, 0.1) is 5.69 Å². The molecule has 0 unspecified atom stereocenters. The Morgan fingerprint density at radius 2 is 1.22 bits per heavy atom. The summed E-state index contributed by atoms with van der Waals surface area (Å²) in [6.07, 6.45) is 3.48. The minimum atomic E-state index is 0.771. The largest absolute Gasteiger partial charge is 0.238 e. The molecule has 0 aliphatic rings. The minimum absolute atomic E-state index is 0.771. The van der Waals surface area contributed by atoms with Gasteiger partial charge < -0.3 is 0 Å². The van der Waals surface area contributed by atoms with E-state index in [1.54, 1.807) is 12.2 Å². The molecule has 1 aromatic rings. The Hall–Kier alpha value is -1.44. The molecule has 0 aliphatic carbocycles. The van der Waals surface area contributed by atoms with Crippen LogP contribution in [0.4, 0.5) is 0 Å². The molecule has 104 valence electrons. The maximum atomic E-state index is 4.22. The van der Waals surface area contributed by atoms with E-state index in [9.17, 15) is 0 Å². The van der Waals surface area contributed by atoms with Crippen molar-refractivity contribution in [3.63, 3.8) is 0 Å². The monoisotopic (exact) mass is 250 g/mol. The molecule has 0 radical (unpaired) electrons. The molecule has 0 spiro atoms. The second-order valence-electron chi connectivity index (χ2n) is 2.56. The number of rotatable bonds is 2. The number of hydrogen-bond donors (Lipinski definition) is 0. The maximum Gasteiger partial charge on any atom is 0.126 e. The van der Waals surface area contributed by atoms with E-state index in [1.807, 2.05) is 55.4 Å². The Labute approximate surface area is 114 Å². The van der Waals surface area contributed by atoms with E-state index in [4.69, 9.17) is 0 Å². The highest BCUT2D eigenvalue weighted by atomic mass is 14.9. The second kappa shape index (κ2) is 15.6. The van der Waals surface area contributed by atoms with Crippen molar-refractivity contribution in [2.45, 2.75) is 55.4 Å². The highest BCUT2D eigenvalue weighted by molar-refractivity contribution is 5.61. The molecular formula is C16H30N2. The molecule has 0 N–H and O–H groups in total. The van der Waals surface area contributed by atoms with Gasteiger partial charge >= 0.3 is 0 Å². The summed E-state index contributed by atoms with van der Waals surface area (Å²) in [5, 5.41) is 0. The lowest BCUT2D eigenvalue weighted by Crippen LogP contribution is -1.98. The normalized spacial score (nSPS) is 7.33. The standard InChI is InChI=1S/C10H12N2.3C2H6/c1-5-9-7(3)11-8(4)12-10(9)6-2;3*1-2/h5-6H,1-2H2,3-4H3;3*1-2H3. The van der Waals surface area contributed by atoms with E-state index in [1.165, 1.54) is 0 Å². The summed E-state index contributed by atoms with van der Waals surface area (Å²) in [4.78, 5) is 8.45. The summed E-state index contributed by atoms with van der Waals surface area (Å²) in [6, 6.07) is 0. The molecule has 0 saturated heterocycles. The van der Waals surface area contributed by atoms with Crippen molar-refractivity contribution in [2.75, 3.05) is 0 Å². The van der Waals surface area contributed by atoms with Crippen LogP contribution < -0.4 is 0 Å². The Morgan fingerprint density at radius 1 is 0.778 bits per heavy atom. The van der Waals surface area contributed by atoms with E-state index >= 15 is 0 Å². The zero-order valence-corrected chi connectivity index (χ0v) is 13.5. The van der Waals surface area contributed by atoms with Gasteiger partial charge in [0.1, 0.15) is 5.82 Å². The van der Waals surface area contributed by atoms with Gasteiger partial charge in [0.15, 0.2) is 0 Å². The van der Waals surface area contributed by atoms with Crippen molar-refractivity contribution in [1.82, 2.24) is 9.97 Å². The zero-order valence-electron chi connectivity index (χ0n) is 13.5. The van der Waals surface area contributed by atoms with Gasteiger partial charge in [-0.2, -0.15) is 0 Å². The molecule has 0 saturated carbocycles. The minimum Gasteiger partial charge on any atom is -0.238 e. The third-order valence-corrected chi connectivity index (χ3v) is 1.67. The van der Waals surface area contributed by atoms with Crippen molar-refractivity contribution in [1.29, 1.82) is 0 Å². The molecule has 0 fully saturated rings. The summed E-state index contributed by atoms with van der Waals surface area (Å²) in [5.41, 5.74) is 2.78. The van der Waals surface area contributed by atoms with Crippen LogP contribution in [0.2, 0.25) is 0 Å². The molecule has 2 heteroatoms. The van der Waals surface area contributed by atoms with Gasteiger partial charge in [0.25, 0.3) is 0 Å². The quantitative estimate of drug-likeness (QED) is 0.696. The van der Waals surface area contributed by atoms with Crippen molar-refractivity contribution in [2.24, 2.45) is 0 Å². The van der Waals surface area contributed by atoms with Gasteiger partial charge in [-0.1, -0.05) is 60.8 Å². The fourth-order valence-corrected chi connectivity index (χ4v) is 1.16. The molecule has 1 heterocycles. The Bertz CT molecular complexity index is 328. The van der Waals surface area contributed by atoms with Crippen LogP contribution in [0.5, 0.6) is 0 Å². The molecule has 0 bridgehead atoms. The first kappa shape index (κ1) is 21.8. The summed E-state index contributed by atoms with van der Waals surface area (Å²) < 4.78 is 0. The fraction of sp³-hybridized carbons (Fsp3) is 0.500. The van der Waals surface area contributed by atoms with Crippen LogP contribution >= 0.6 is 0 Å². The van der Waals surface area contributed by atoms with Crippen molar-refractivity contribution < 1.29 is 0 Å². The van der Waals surface area contributed by atoms with Gasteiger partial charge in [0, 0.05) is 11.3 Å². The predicted octanol–water partition coefficient (Wildman–Crippen LogP) is 5.46. The zero-order chi connectivity index (χ0) is 15.1. The van der Waals surface area contributed by atoms with Crippen LogP contribution in [-0.4, -0.2) is 9.97 Å². The molecular weight excluding hydrogens is 220 g/mol. The molecule has 2 nitrogen and oxygen atoms in total. The van der Waals surface area contributed by atoms with E-state index in [0.29, 0.717) is 0 Å². The fourth-order valence-electron chi connectivity index (χ4n) is 1.16. The Balaban J connectivity index is -0.000000328. The van der Waals surface area contributed by atoms with Crippen LogP contribution in [0, 0.1) is 13.8 Å². The summed E-state index contributed by atoms with van der Waals surface area (Å²) in [5.74, 6) is 0.771. The van der Waals surface area contributed by atoms with E-state index < -0.39 is 0 Å². The smallest absolute Gasteiger partial charge is 0.126 e. The lowest BCUT2D eigenvalue weighted by molar-refractivity contribution is 0.995. The average Bonchev–Trinajstić information content (AvgIpc) is 2.44. The molecule has 0 atom stereocenters. The molecule has 1 aromatic heterocycles. The molecule has 18 heavy (non-hydrogen) atoms. The summed E-state index contributed by atoms with van der Waals surface area (Å²) >= 11 is 0. The third-order valence-electron chi connectivity index (χ3n) is 1.67. The van der Waals surface area contributed by atoms with Crippen LogP contribution in [0.15, 0.2) is 13.2 Å². The van der Waals surface area contributed by atoms with Gasteiger partial charge in [-0.15, -0.1) is 0 Å². The first-order chi connectivity index (χ1) is 8.69. The molecule has 0 aromatic carbocycles. The van der Waals surface area contributed by atoms with Gasteiger partial charge in [-0.3, -0.25) is 0 Å². The Kier molecular flexibility index (Phi) is 18.8. The van der Waals surface area contributed by atoms with Crippen molar-refractivity contribution in [3.8, 4) is 0 Å². The van der Waals surface area contributed by atoms with E-state index in [2.05, 4.69) is 23.1 Å². The third kappa shape index (κ3) is 7.77. The first-order valence-electron chi connectivity index (χ1n) is 6.79. The highest BCUT2D eigenvalue weighted by Gasteiger charge is 2.02. The topological polar surface area (TPSA) is 25.8 Å². The highest BCUT2D eigenvalue weighted by Crippen LogP contribution is 2.12. The molecule has 0 aliphatic heterocycles. The van der Waals surface area contributed by atoms with Gasteiger partial charge in [-0.05, 0) is 19.9 Å². The van der Waals surface area contributed by atoms with E-state index in [0.717, 1.165) is 22.8 Å². The van der Waals surface area contributed by atoms with Crippen LogP contribution in [0.3, 0.4) is 0 Å². The predicted molar refractivity (Wildman–Crippen MR) is 85.7 cm³/mol. The average molecular weight is 250 g/mol. The van der Waals surface area contributed by atoms with Crippen LogP contribution in [0.25, 0.3) is 12.2 Å². The van der Waals surface area contributed by atoms with Gasteiger partial charge in [-0.25, -0.2) is 9.97 Å². The second-order valence-corrected chi connectivity index (χ2v) is 2.56.